The van der Waals surface area contributed by atoms with Crippen LogP contribution in [-0.2, 0) is 19.4 Å². The third-order valence-corrected chi connectivity index (χ3v) is 6.29. The summed E-state index contributed by atoms with van der Waals surface area (Å²) < 4.78 is 0. The molecule has 1 aromatic carbocycles. The largest absolute Gasteiger partial charge is 0.342 e. The van der Waals surface area contributed by atoms with E-state index in [1.54, 1.807) is 0 Å². The van der Waals surface area contributed by atoms with Crippen molar-refractivity contribution in [2.75, 3.05) is 18.1 Å². The van der Waals surface area contributed by atoms with Gasteiger partial charge in [0, 0.05) is 22.5 Å². The molecule has 1 aromatic heterocycles. The molecule has 4 heteroatoms. The van der Waals surface area contributed by atoms with Crippen molar-refractivity contribution in [3.63, 3.8) is 0 Å². The second kappa shape index (κ2) is 6.44. The Morgan fingerprint density at radius 1 is 1.17 bits per heavy atom. The Labute approximate surface area is 147 Å². The van der Waals surface area contributed by atoms with Gasteiger partial charge in [0.1, 0.15) is 0 Å². The summed E-state index contributed by atoms with van der Waals surface area (Å²) >= 11 is 1.94. The first-order chi connectivity index (χ1) is 11.8. The Kier molecular flexibility index (Phi) is 4.15. The van der Waals surface area contributed by atoms with Gasteiger partial charge in [0.05, 0.1) is 18.2 Å². The highest BCUT2D eigenvalue weighted by Gasteiger charge is 2.31. The third kappa shape index (κ3) is 2.65. The van der Waals surface area contributed by atoms with Crippen LogP contribution in [0.3, 0.4) is 0 Å². The summed E-state index contributed by atoms with van der Waals surface area (Å²) in [7, 11) is 0. The number of hydrogen-bond acceptors (Lipinski definition) is 3. The molecular weight excluding hydrogens is 316 g/mol. The Balaban J connectivity index is 1.69. The lowest BCUT2D eigenvalue weighted by atomic mass is 9.94. The van der Waals surface area contributed by atoms with Crippen molar-refractivity contribution in [3.8, 4) is 0 Å². The zero-order valence-corrected chi connectivity index (χ0v) is 14.6. The van der Waals surface area contributed by atoms with Crippen LogP contribution in [0.1, 0.15) is 39.2 Å². The van der Waals surface area contributed by atoms with Gasteiger partial charge in [0.15, 0.2) is 0 Å². The molecule has 4 rings (SSSR count). The fourth-order valence-electron chi connectivity index (χ4n) is 3.74. The highest BCUT2D eigenvalue weighted by molar-refractivity contribution is 7.16. The Morgan fingerprint density at radius 3 is 2.75 bits per heavy atom. The molecule has 1 aliphatic carbocycles. The first-order valence-electron chi connectivity index (χ1n) is 8.61. The van der Waals surface area contributed by atoms with Gasteiger partial charge in [-0.2, -0.15) is 0 Å². The maximum absolute atomic E-state index is 12.9. The molecule has 0 radical (unpaired) electrons. The fraction of sp³-hybridized carbons (Fsp3) is 0.350. The number of nitrogens with zero attached hydrogens (tertiary/aromatic N) is 2. The molecule has 0 saturated carbocycles. The number of benzene rings is 1. The van der Waals surface area contributed by atoms with Crippen molar-refractivity contribution in [2.24, 2.45) is 0 Å². The van der Waals surface area contributed by atoms with E-state index < -0.39 is 0 Å². The van der Waals surface area contributed by atoms with Crippen molar-refractivity contribution < 1.29 is 4.79 Å². The number of rotatable bonds is 3. The summed E-state index contributed by atoms with van der Waals surface area (Å²) in [5, 5.41) is 1.36. The number of thiophene rings is 1. The molecule has 1 amide bonds. The van der Waals surface area contributed by atoms with E-state index >= 15 is 0 Å². The standard InChI is InChI=1S/C20H22N2OS/c1-2-12-21-14-22(19(23)15-8-4-3-5-9-15)13-17-16-10-6-7-11-18(16)24-20(17)21/h2-5,8-9H,1,6-7,10-14H2. The molecule has 0 spiro atoms. The van der Waals surface area contributed by atoms with Crippen LogP contribution in [0.15, 0.2) is 43.0 Å². The molecule has 0 atom stereocenters. The van der Waals surface area contributed by atoms with E-state index in [2.05, 4.69) is 11.5 Å². The van der Waals surface area contributed by atoms with Crippen LogP contribution in [0.25, 0.3) is 0 Å². The van der Waals surface area contributed by atoms with Crippen LogP contribution in [-0.4, -0.2) is 24.0 Å². The number of amides is 1. The topological polar surface area (TPSA) is 23.6 Å². The monoisotopic (exact) mass is 338 g/mol. The van der Waals surface area contributed by atoms with Gasteiger partial charge >= 0.3 is 0 Å². The number of anilines is 1. The smallest absolute Gasteiger partial charge is 0.255 e. The van der Waals surface area contributed by atoms with Crippen LogP contribution >= 0.6 is 11.3 Å². The molecular formula is C20H22N2OS. The zero-order valence-electron chi connectivity index (χ0n) is 13.8. The quantitative estimate of drug-likeness (QED) is 0.782. The van der Waals surface area contributed by atoms with E-state index in [1.807, 2.05) is 52.6 Å². The Hall–Kier alpha value is -2.07. The molecule has 0 bridgehead atoms. The van der Waals surface area contributed by atoms with E-state index in [9.17, 15) is 4.79 Å². The van der Waals surface area contributed by atoms with Crippen molar-refractivity contribution in [1.82, 2.24) is 4.90 Å². The van der Waals surface area contributed by atoms with Crippen molar-refractivity contribution in [1.29, 1.82) is 0 Å². The lowest BCUT2D eigenvalue weighted by molar-refractivity contribution is 0.0736. The summed E-state index contributed by atoms with van der Waals surface area (Å²) in [6, 6.07) is 9.61. The van der Waals surface area contributed by atoms with Gasteiger partial charge in [-0.1, -0.05) is 24.3 Å². The first-order valence-corrected chi connectivity index (χ1v) is 9.43. The first kappa shape index (κ1) is 15.5. The van der Waals surface area contributed by atoms with E-state index in [-0.39, 0.29) is 5.91 Å². The van der Waals surface area contributed by atoms with Crippen LogP contribution in [0.4, 0.5) is 5.00 Å². The summed E-state index contributed by atoms with van der Waals surface area (Å²) in [5.41, 5.74) is 3.66. The molecule has 0 unspecified atom stereocenters. The van der Waals surface area contributed by atoms with Crippen molar-refractivity contribution in [2.45, 2.75) is 32.2 Å². The Bertz CT molecular complexity index is 765. The Morgan fingerprint density at radius 2 is 1.96 bits per heavy atom. The van der Waals surface area contributed by atoms with E-state index in [0.29, 0.717) is 6.67 Å². The summed E-state index contributed by atoms with van der Waals surface area (Å²) in [5.74, 6) is 0.117. The van der Waals surface area contributed by atoms with E-state index in [4.69, 9.17) is 0 Å². The SMILES string of the molecule is C=CCN1CN(C(=O)c2ccccc2)Cc2c1sc1c2CCCC1. The molecule has 0 N–H and O–H groups in total. The molecule has 24 heavy (non-hydrogen) atoms. The maximum atomic E-state index is 12.9. The van der Waals surface area contributed by atoms with Gasteiger partial charge in [-0.3, -0.25) is 4.79 Å². The molecule has 0 saturated heterocycles. The minimum absolute atomic E-state index is 0.117. The van der Waals surface area contributed by atoms with Crippen LogP contribution < -0.4 is 4.90 Å². The van der Waals surface area contributed by atoms with Gasteiger partial charge in [0.2, 0.25) is 0 Å². The predicted octanol–water partition coefficient (Wildman–Crippen LogP) is 4.23. The third-order valence-electron chi connectivity index (χ3n) is 4.89. The van der Waals surface area contributed by atoms with Crippen LogP contribution in [0, 0.1) is 0 Å². The van der Waals surface area contributed by atoms with Gasteiger partial charge in [0.25, 0.3) is 5.91 Å². The average molecular weight is 338 g/mol. The molecule has 2 aromatic rings. The molecule has 0 fully saturated rings. The summed E-state index contributed by atoms with van der Waals surface area (Å²) in [4.78, 5) is 18.7. The molecule has 2 aliphatic rings. The number of fused-ring (bicyclic) bond motifs is 3. The highest BCUT2D eigenvalue weighted by atomic mass is 32.1. The predicted molar refractivity (Wildman–Crippen MR) is 99.7 cm³/mol. The fourth-order valence-corrected chi connectivity index (χ4v) is 5.14. The van der Waals surface area contributed by atoms with Gasteiger partial charge in [-0.15, -0.1) is 17.9 Å². The van der Waals surface area contributed by atoms with Crippen molar-refractivity contribution in [3.05, 3.63) is 64.6 Å². The number of aryl methyl sites for hydroxylation is 1. The normalized spacial score (nSPS) is 16.5. The lowest BCUT2D eigenvalue weighted by Gasteiger charge is -2.36. The maximum Gasteiger partial charge on any atom is 0.255 e. The highest BCUT2D eigenvalue weighted by Crippen LogP contribution is 2.43. The molecule has 124 valence electrons. The van der Waals surface area contributed by atoms with Crippen molar-refractivity contribution >= 4 is 22.2 Å². The van der Waals surface area contributed by atoms with E-state index in [1.165, 1.54) is 40.3 Å². The summed E-state index contributed by atoms with van der Waals surface area (Å²) in [6.07, 6.45) is 6.85. The zero-order chi connectivity index (χ0) is 16.5. The van der Waals surface area contributed by atoms with Gasteiger partial charge in [-0.25, -0.2) is 0 Å². The average Bonchev–Trinajstić information content (AvgIpc) is 3.01. The van der Waals surface area contributed by atoms with Gasteiger partial charge < -0.3 is 9.80 Å². The number of hydrogen-bond donors (Lipinski definition) is 0. The van der Waals surface area contributed by atoms with Crippen LogP contribution in [0.5, 0.6) is 0 Å². The minimum atomic E-state index is 0.117. The lowest BCUT2D eigenvalue weighted by Crippen LogP contribution is -2.45. The molecule has 1 aliphatic heterocycles. The molecule has 3 nitrogen and oxygen atoms in total. The second-order valence-corrected chi connectivity index (χ2v) is 7.60. The number of carbonyl (C=O) groups is 1. The van der Waals surface area contributed by atoms with Crippen LogP contribution in [0.2, 0.25) is 0 Å². The van der Waals surface area contributed by atoms with E-state index in [0.717, 1.165) is 25.1 Å². The minimum Gasteiger partial charge on any atom is -0.342 e. The summed E-state index contributed by atoms with van der Waals surface area (Å²) in [6.45, 7) is 6.06. The number of carbonyl (C=O) groups excluding carboxylic acids is 1. The second-order valence-electron chi connectivity index (χ2n) is 6.52. The molecule has 2 heterocycles. The van der Waals surface area contributed by atoms with Gasteiger partial charge in [-0.05, 0) is 43.4 Å².